The molecule has 0 radical (unpaired) electrons. The minimum Gasteiger partial charge on any atom is -0.0846 e. The van der Waals surface area contributed by atoms with Crippen LogP contribution in [-0.2, 0) is 0 Å². The van der Waals surface area contributed by atoms with Gasteiger partial charge in [-0.1, -0.05) is 41.4 Å². The molecule has 0 nitrogen and oxygen atoms in total. The van der Waals surface area contributed by atoms with E-state index in [0.29, 0.717) is 10.6 Å². The minimum absolute atomic E-state index is 0.171. The fourth-order valence-corrected chi connectivity index (χ4v) is 0.522. The van der Waals surface area contributed by atoms with Crippen molar-refractivity contribution in [2.45, 2.75) is 6.92 Å². The van der Waals surface area contributed by atoms with Gasteiger partial charge in [0.25, 0.3) is 0 Å². The van der Waals surface area contributed by atoms with Gasteiger partial charge in [-0.05, 0) is 12.5 Å². The molecule has 0 unspecified atom stereocenters. The molecule has 0 rings (SSSR count). The first-order chi connectivity index (χ1) is 3.55. The Labute approximate surface area is 63.7 Å². The van der Waals surface area contributed by atoms with E-state index in [0.717, 1.165) is 0 Å². The van der Waals surface area contributed by atoms with Crippen LogP contribution >= 0.6 is 34.8 Å². The zero-order valence-electron chi connectivity index (χ0n) is 4.34. The Kier molecular flexibility index (Phi) is 3.54. The van der Waals surface area contributed by atoms with Gasteiger partial charge in [-0.2, -0.15) is 0 Å². The van der Waals surface area contributed by atoms with Gasteiger partial charge in [-0.25, -0.2) is 0 Å². The third kappa shape index (κ3) is 2.61. The van der Waals surface area contributed by atoms with E-state index in [2.05, 4.69) is 6.58 Å². The molecule has 0 N–H and O–H groups in total. The second-order valence-electron chi connectivity index (χ2n) is 1.29. The molecular weight excluding hydrogens is 166 g/mol. The van der Waals surface area contributed by atoms with E-state index in [-0.39, 0.29) is 4.49 Å². The maximum Gasteiger partial charge on any atom is 0.111 e. The SMILES string of the molecule is C=C(Cl)C(C)=C(Cl)Cl. The number of halogens is 3. The Bertz CT molecular complexity index is 131. The molecule has 0 aliphatic rings. The first-order valence-corrected chi connectivity index (χ1v) is 3.05. The molecule has 8 heavy (non-hydrogen) atoms. The quantitative estimate of drug-likeness (QED) is 0.530. The van der Waals surface area contributed by atoms with Crippen LogP contribution in [0.5, 0.6) is 0 Å². The third-order valence-electron chi connectivity index (χ3n) is 0.690. The zero-order chi connectivity index (χ0) is 6.73. The third-order valence-corrected chi connectivity index (χ3v) is 1.54. The highest BCUT2D eigenvalue weighted by atomic mass is 35.5. The maximum absolute atomic E-state index is 5.40. The van der Waals surface area contributed by atoms with Crippen molar-refractivity contribution >= 4 is 34.8 Å². The van der Waals surface area contributed by atoms with Crippen LogP contribution in [0.2, 0.25) is 0 Å². The molecule has 0 spiro atoms. The molecule has 0 bridgehead atoms. The molecule has 0 amide bonds. The van der Waals surface area contributed by atoms with Crippen LogP contribution in [0, 0.1) is 0 Å². The summed E-state index contributed by atoms with van der Waals surface area (Å²) in [5.74, 6) is 0. The van der Waals surface area contributed by atoms with Crippen molar-refractivity contribution in [2.24, 2.45) is 0 Å². The second-order valence-corrected chi connectivity index (χ2v) is 2.70. The summed E-state index contributed by atoms with van der Waals surface area (Å²) < 4.78 is 0.171. The molecular formula is C5H5Cl3. The van der Waals surface area contributed by atoms with E-state index in [1.807, 2.05) is 0 Å². The fourth-order valence-electron chi connectivity index (χ4n) is 0.103. The van der Waals surface area contributed by atoms with Crippen molar-refractivity contribution in [3.8, 4) is 0 Å². The Morgan fingerprint density at radius 2 is 1.62 bits per heavy atom. The lowest BCUT2D eigenvalue weighted by Gasteiger charge is -1.92. The predicted molar refractivity (Wildman–Crippen MR) is 39.4 cm³/mol. The highest BCUT2D eigenvalue weighted by Gasteiger charge is 1.95. The van der Waals surface area contributed by atoms with Crippen molar-refractivity contribution in [3.05, 3.63) is 21.7 Å². The van der Waals surface area contributed by atoms with Crippen LogP contribution in [0.3, 0.4) is 0 Å². The standard InChI is InChI=1S/C5H5Cl3/c1-3(4(2)6)5(7)8/h2H2,1H3. The van der Waals surface area contributed by atoms with Crippen molar-refractivity contribution in [2.75, 3.05) is 0 Å². The Morgan fingerprint density at radius 1 is 1.25 bits per heavy atom. The molecule has 46 valence electrons. The summed E-state index contributed by atoms with van der Waals surface area (Å²) in [6, 6.07) is 0. The van der Waals surface area contributed by atoms with Gasteiger partial charge in [-0.15, -0.1) is 0 Å². The van der Waals surface area contributed by atoms with E-state index in [1.165, 1.54) is 0 Å². The summed E-state index contributed by atoms with van der Waals surface area (Å²) in [5, 5.41) is 0.380. The molecule has 0 saturated heterocycles. The van der Waals surface area contributed by atoms with Crippen LogP contribution in [0.4, 0.5) is 0 Å². The average Bonchev–Trinajstić information content (AvgIpc) is 1.64. The van der Waals surface area contributed by atoms with Crippen LogP contribution in [0.25, 0.3) is 0 Å². The molecule has 3 heteroatoms. The maximum atomic E-state index is 5.40. The molecule has 0 aromatic rings. The van der Waals surface area contributed by atoms with Gasteiger partial charge in [0.05, 0.1) is 0 Å². The van der Waals surface area contributed by atoms with Crippen molar-refractivity contribution < 1.29 is 0 Å². The van der Waals surface area contributed by atoms with Crippen LogP contribution in [0.1, 0.15) is 6.92 Å². The summed E-state index contributed by atoms with van der Waals surface area (Å²) in [6.45, 7) is 5.11. The fraction of sp³-hybridized carbons (Fsp3) is 0.200. The number of hydrogen-bond acceptors (Lipinski definition) is 0. The summed E-state index contributed by atoms with van der Waals surface area (Å²) in [4.78, 5) is 0. The predicted octanol–water partition coefficient (Wildman–Crippen LogP) is 3.45. The van der Waals surface area contributed by atoms with E-state index >= 15 is 0 Å². The van der Waals surface area contributed by atoms with E-state index < -0.39 is 0 Å². The molecule has 0 saturated carbocycles. The van der Waals surface area contributed by atoms with Crippen molar-refractivity contribution in [1.82, 2.24) is 0 Å². The highest BCUT2D eigenvalue weighted by molar-refractivity contribution is 6.57. The van der Waals surface area contributed by atoms with Crippen LogP contribution in [0.15, 0.2) is 21.7 Å². The number of rotatable bonds is 1. The smallest absolute Gasteiger partial charge is 0.0846 e. The lowest BCUT2D eigenvalue weighted by atomic mass is 10.3. The second kappa shape index (κ2) is 3.39. The lowest BCUT2D eigenvalue weighted by molar-refractivity contribution is 1.52. The first-order valence-electron chi connectivity index (χ1n) is 1.92. The first kappa shape index (κ1) is 8.35. The average molecular weight is 171 g/mol. The van der Waals surface area contributed by atoms with Crippen molar-refractivity contribution in [3.63, 3.8) is 0 Å². The molecule has 0 aliphatic heterocycles. The van der Waals surface area contributed by atoms with Gasteiger partial charge >= 0.3 is 0 Å². The van der Waals surface area contributed by atoms with E-state index in [4.69, 9.17) is 34.8 Å². The molecule has 0 heterocycles. The summed E-state index contributed by atoms with van der Waals surface area (Å²) in [7, 11) is 0. The van der Waals surface area contributed by atoms with Gasteiger partial charge in [-0.3, -0.25) is 0 Å². The lowest BCUT2D eigenvalue weighted by Crippen LogP contribution is -1.71. The largest absolute Gasteiger partial charge is 0.111 e. The number of hydrogen-bond donors (Lipinski definition) is 0. The molecule has 0 aliphatic carbocycles. The normalized spacial score (nSPS) is 8.50. The van der Waals surface area contributed by atoms with Crippen molar-refractivity contribution in [1.29, 1.82) is 0 Å². The van der Waals surface area contributed by atoms with Gasteiger partial charge in [0.2, 0.25) is 0 Å². The Morgan fingerprint density at radius 3 is 1.62 bits per heavy atom. The summed E-state index contributed by atoms with van der Waals surface area (Å²) in [5.41, 5.74) is 0.620. The molecule has 0 aromatic carbocycles. The Balaban J connectivity index is 4.23. The minimum atomic E-state index is 0.171. The van der Waals surface area contributed by atoms with E-state index in [9.17, 15) is 0 Å². The van der Waals surface area contributed by atoms with Gasteiger partial charge in [0, 0.05) is 5.03 Å². The number of allylic oxidation sites excluding steroid dienone is 2. The Hall–Kier alpha value is 0.350. The van der Waals surface area contributed by atoms with Gasteiger partial charge in [0.1, 0.15) is 4.49 Å². The molecule has 0 atom stereocenters. The zero-order valence-corrected chi connectivity index (χ0v) is 6.61. The van der Waals surface area contributed by atoms with E-state index in [1.54, 1.807) is 6.92 Å². The molecule has 0 fully saturated rings. The molecule has 0 aromatic heterocycles. The van der Waals surface area contributed by atoms with Crippen LogP contribution in [-0.4, -0.2) is 0 Å². The van der Waals surface area contributed by atoms with Gasteiger partial charge in [0.15, 0.2) is 0 Å². The highest BCUT2D eigenvalue weighted by Crippen LogP contribution is 2.21. The summed E-state index contributed by atoms with van der Waals surface area (Å²) in [6.07, 6.45) is 0. The monoisotopic (exact) mass is 170 g/mol. The van der Waals surface area contributed by atoms with Crippen LogP contribution < -0.4 is 0 Å². The van der Waals surface area contributed by atoms with Gasteiger partial charge < -0.3 is 0 Å². The topological polar surface area (TPSA) is 0 Å². The summed E-state index contributed by atoms with van der Waals surface area (Å²) >= 11 is 16.0.